The predicted octanol–water partition coefficient (Wildman–Crippen LogP) is 1.08. The molecular formula is C21H26NO6+. The number of hydrogen-bond donors (Lipinski definition) is 4. The van der Waals surface area contributed by atoms with Crippen LogP contribution in [0.15, 0.2) is 0 Å². The number of benzene rings is 1. The number of ether oxygens (including phenoxy) is 1. The highest BCUT2D eigenvalue weighted by atomic mass is 16.5. The van der Waals surface area contributed by atoms with Crippen molar-refractivity contribution in [2.24, 2.45) is 5.92 Å². The highest BCUT2D eigenvalue weighted by Gasteiger charge is 2.77. The lowest BCUT2D eigenvalue weighted by molar-refractivity contribution is -0.950. The molecule has 0 radical (unpaired) electrons. The first kappa shape index (κ1) is 16.9. The first-order chi connectivity index (χ1) is 13.2. The van der Waals surface area contributed by atoms with Gasteiger partial charge in [0.25, 0.3) is 0 Å². The van der Waals surface area contributed by atoms with Gasteiger partial charge in [0.15, 0.2) is 23.4 Å². The maximum absolute atomic E-state index is 12.8. The van der Waals surface area contributed by atoms with E-state index in [0.29, 0.717) is 40.8 Å². The Balaban J connectivity index is 1.64. The first-order valence-corrected chi connectivity index (χ1v) is 10.3. The number of phenols is 3. The van der Waals surface area contributed by atoms with Gasteiger partial charge in [0, 0.05) is 36.3 Å². The first-order valence-electron chi connectivity index (χ1n) is 10.3. The second kappa shape index (κ2) is 4.76. The van der Waals surface area contributed by atoms with E-state index in [1.54, 1.807) is 0 Å². The van der Waals surface area contributed by atoms with Crippen molar-refractivity contribution in [1.29, 1.82) is 0 Å². The van der Waals surface area contributed by atoms with Crippen LogP contribution in [0, 0.1) is 5.92 Å². The van der Waals surface area contributed by atoms with E-state index in [0.717, 1.165) is 13.1 Å². The molecule has 0 amide bonds. The van der Waals surface area contributed by atoms with Gasteiger partial charge >= 0.3 is 0 Å². The Labute approximate surface area is 162 Å². The molecule has 2 saturated carbocycles. The number of carbonyl (C=O) groups is 1. The van der Waals surface area contributed by atoms with Crippen molar-refractivity contribution in [3.05, 3.63) is 11.1 Å². The predicted molar refractivity (Wildman–Crippen MR) is 97.5 cm³/mol. The SMILES string of the molecule is C[N@+]1(CC2CC2)CC[C@]23c4c5c(O)c(O)c(O)c4O[C@H]2C(=O)CC[C@@]3(O)[C@H]1C5. The van der Waals surface area contributed by atoms with Crippen LogP contribution in [0.4, 0.5) is 0 Å². The summed E-state index contributed by atoms with van der Waals surface area (Å²) in [6.07, 6.45) is 3.13. The number of aromatic hydroxyl groups is 3. The monoisotopic (exact) mass is 388 g/mol. The van der Waals surface area contributed by atoms with E-state index in [1.807, 2.05) is 0 Å². The highest BCUT2D eigenvalue weighted by molar-refractivity contribution is 5.90. The second-order valence-corrected chi connectivity index (χ2v) is 9.89. The maximum Gasteiger partial charge on any atom is 0.204 e. The molecule has 5 atom stereocenters. The van der Waals surface area contributed by atoms with E-state index in [2.05, 4.69) is 7.05 Å². The van der Waals surface area contributed by atoms with E-state index in [9.17, 15) is 25.2 Å². The summed E-state index contributed by atoms with van der Waals surface area (Å²) in [7, 11) is 2.18. The van der Waals surface area contributed by atoms with Gasteiger partial charge in [-0.1, -0.05) is 0 Å². The fraction of sp³-hybridized carbons (Fsp3) is 0.667. The maximum atomic E-state index is 12.8. The number of likely N-dealkylation sites (tertiary alicyclic amines) is 1. The Bertz CT molecular complexity index is 942. The number of quaternary nitrogens is 1. The number of likely N-dealkylation sites (N-methyl/N-ethyl adjacent to an activating group) is 1. The Morgan fingerprint density at radius 3 is 2.61 bits per heavy atom. The van der Waals surface area contributed by atoms with Crippen molar-refractivity contribution < 1.29 is 34.4 Å². The van der Waals surface area contributed by atoms with Crippen molar-refractivity contribution in [1.82, 2.24) is 0 Å². The summed E-state index contributed by atoms with van der Waals surface area (Å²) >= 11 is 0. The van der Waals surface area contributed by atoms with Crippen molar-refractivity contribution in [2.75, 3.05) is 20.1 Å². The number of phenolic OH excluding ortho intramolecular Hbond substituents is 3. The van der Waals surface area contributed by atoms with E-state index in [1.165, 1.54) is 12.8 Å². The van der Waals surface area contributed by atoms with Crippen molar-refractivity contribution in [2.45, 2.75) is 61.7 Å². The van der Waals surface area contributed by atoms with E-state index in [-0.39, 0.29) is 29.7 Å². The van der Waals surface area contributed by atoms with E-state index in [4.69, 9.17) is 4.74 Å². The molecule has 3 fully saturated rings. The number of nitrogens with zero attached hydrogens (tertiary/aromatic N) is 1. The minimum atomic E-state index is -1.14. The smallest absolute Gasteiger partial charge is 0.204 e. The van der Waals surface area contributed by atoms with Gasteiger partial charge < -0.3 is 29.6 Å². The average molecular weight is 388 g/mol. The summed E-state index contributed by atoms with van der Waals surface area (Å²) in [6, 6.07) is -0.186. The average Bonchev–Trinajstić information content (AvgIpc) is 3.38. The van der Waals surface area contributed by atoms with Crippen molar-refractivity contribution >= 4 is 5.78 Å². The lowest BCUT2D eigenvalue weighted by Gasteiger charge is -2.64. The molecule has 7 heteroatoms. The molecule has 1 spiro atoms. The molecule has 2 bridgehead atoms. The lowest BCUT2D eigenvalue weighted by Crippen LogP contribution is -2.80. The molecule has 28 heavy (non-hydrogen) atoms. The molecule has 1 aromatic carbocycles. The molecule has 150 valence electrons. The lowest BCUT2D eigenvalue weighted by atomic mass is 9.48. The normalized spacial score (nSPS) is 42.9. The zero-order valence-electron chi connectivity index (χ0n) is 15.9. The van der Waals surface area contributed by atoms with Gasteiger partial charge in [-0.3, -0.25) is 4.79 Å². The number of piperidine rings is 1. The minimum absolute atomic E-state index is 0.0701. The summed E-state index contributed by atoms with van der Waals surface area (Å²) in [5.74, 6) is -0.817. The molecule has 0 unspecified atom stereocenters. The molecule has 4 N–H and O–H groups in total. The fourth-order valence-electron chi connectivity index (χ4n) is 7.05. The molecule has 1 saturated heterocycles. The minimum Gasteiger partial charge on any atom is -0.504 e. The zero-order valence-corrected chi connectivity index (χ0v) is 15.9. The van der Waals surface area contributed by atoms with E-state index < -0.39 is 28.6 Å². The van der Waals surface area contributed by atoms with Crippen molar-refractivity contribution in [3.63, 3.8) is 0 Å². The largest absolute Gasteiger partial charge is 0.504 e. The second-order valence-electron chi connectivity index (χ2n) is 9.89. The van der Waals surface area contributed by atoms with E-state index >= 15 is 0 Å². The number of hydrogen-bond acceptors (Lipinski definition) is 6. The zero-order chi connectivity index (χ0) is 19.6. The van der Waals surface area contributed by atoms with Crippen LogP contribution < -0.4 is 4.74 Å². The summed E-state index contributed by atoms with van der Waals surface area (Å²) in [6.45, 7) is 1.80. The van der Waals surface area contributed by atoms with Crippen LogP contribution in [0.1, 0.15) is 43.2 Å². The molecule has 5 aliphatic rings. The number of rotatable bonds is 2. The number of ketones is 1. The van der Waals surface area contributed by atoms with Crippen LogP contribution in [0.25, 0.3) is 0 Å². The molecular weight excluding hydrogens is 362 g/mol. The van der Waals surface area contributed by atoms with Gasteiger partial charge in [0.1, 0.15) is 11.6 Å². The number of carbonyl (C=O) groups excluding carboxylic acids is 1. The van der Waals surface area contributed by atoms with Crippen LogP contribution in [0.3, 0.4) is 0 Å². The summed E-state index contributed by atoms with van der Waals surface area (Å²) in [5, 5.41) is 43.6. The van der Waals surface area contributed by atoms with Gasteiger partial charge in [-0.25, -0.2) is 0 Å². The highest BCUT2D eigenvalue weighted by Crippen LogP contribution is 2.68. The van der Waals surface area contributed by atoms with Gasteiger partial charge in [-0.2, -0.15) is 0 Å². The van der Waals surface area contributed by atoms with Crippen LogP contribution in [-0.2, 0) is 16.6 Å². The molecule has 3 aliphatic carbocycles. The molecule has 0 aromatic heterocycles. The third-order valence-electron chi connectivity index (χ3n) is 8.52. The molecule has 2 aliphatic heterocycles. The van der Waals surface area contributed by atoms with Gasteiger partial charge in [-0.05, 0) is 19.3 Å². The van der Waals surface area contributed by atoms with Gasteiger partial charge in [0.2, 0.25) is 11.5 Å². The Hall–Kier alpha value is -1.99. The standard InChI is InChI=1S/C21H25NO6/c1-22(9-10-2-3-10)7-6-20-14-11-8-13(22)21(20,27)5-4-12(23)19(20)28-18(14)17(26)16(25)15(11)24/h10,13,19,27H,2-9H2,1H3,(H2-,24,25,26)/p+1/t13-,19+,20+,21-,22-/m1/s1. The van der Waals surface area contributed by atoms with Crippen LogP contribution in [-0.4, -0.2) is 68.6 Å². The summed E-state index contributed by atoms with van der Waals surface area (Å²) in [4.78, 5) is 12.8. The summed E-state index contributed by atoms with van der Waals surface area (Å²) < 4.78 is 6.65. The Kier molecular flexibility index (Phi) is 2.88. The summed E-state index contributed by atoms with van der Waals surface area (Å²) in [5.41, 5.74) is -1.02. The third-order valence-corrected chi connectivity index (χ3v) is 8.52. The fourth-order valence-corrected chi connectivity index (χ4v) is 7.05. The molecule has 2 heterocycles. The van der Waals surface area contributed by atoms with Gasteiger partial charge in [-0.15, -0.1) is 0 Å². The molecule has 1 aromatic rings. The van der Waals surface area contributed by atoms with Crippen LogP contribution in [0.2, 0.25) is 0 Å². The molecule has 7 nitrogen and oxygen atoms in total. The molecule has 6 rings (SSSR count). The number of Topliss-reactive ketones (excluding diaryl/α,β-unsaturated/α-hetero) is 1. The van der Waals surface area contributed by atoms with Crippen molar-refractivity contribution in [3.8, 4) is 23.0 Å². The third kappa shape index (κ3) is 1.64. The quantitative estimate of drug-likeness (QED) is 0.446. The van der Waals surface area contributed by atoms with Crippen LogP contribution >= 0.6 is 0 Å². The topological polar surface area (TPSA) is 107 Å². The Morgan fingerprint density at radius 1 is 1.14 bits per heavy atom. The number of aliphatic hydroxyl groups is 1. The Morgan fingerprint density at radius 2 is 1.89 bits per heavy atom. The van der Waals surface area contributed by atoms with Gasteiger partial charge in [0.05, 0.1) is 25.6 Å². The van der Waals surface area contributed by atoms with Crippen LogP contribution in [0.5, 0.6) is 23.0 Å².